The summed E-state index contributed by atoms with van der Waals surface area (Å²) in [5.41, 5.74) is 1.83. The second kappa shape index (κ2) is 10.3. The Kier molecular flexibility index (Phi) is 7.50. The molecule has 0 heterocycles. The van der Waals surface area contributed by atoms with Gasteiger partial charge in [0.25, 0.3) is 21.6 Å². The van der Waals surface area contributed by atoms with Crippen LogP contribution in [0.1, 0.15) is 28.4 Å². The van der Waals surface area contributed by atoms with E-state index in [2.05, 4.69) is 10.0 Å². The predicted octanol–water partition coefficient (Wildman–Crippen LogP) is 4.20. The lowest BCUT2D eigenvalue weighted by atomic mass is 10.2. The monoisotopic (exact) mass is 497 g/mol. The summed E-state index contributed by atoms with van der Waals surface area (Å²) in [5, 5.41) is 13.7. The lowest BCUT2D eigenvalue weighted by Gasteiger charge is -2.14. The Bertz CT molecular complexity index is 1370. The minimum absolute atomic E-state index is 0.106. The van der Waals surface area contributed by atoms with Gasteiger partial charge < -0.3 is 10.1 Å². The Morgan fingerprint density at radius 2 is 1.54 bits per heavy atom. The molecule has 0 aliphatic carbocycles. The fourth-order valence-electron chi connectivity index (χ4n) is 3.04. The number of anilines is 2. The molecule has 3 aromatic rings. The first-order chi connectivity index (χ1) is 16.5. The minimum Gasteiger partial charge on any atom is -0.449 e. The molecule has 3 aromatic carbocycles. The quantitative estimate of drug-likeness (QED) is 0.270. The number of aryl methyl sites for hydroxylation is 2. The van der Waals surface area contributed by atoms with Crippen LogP contribution in [0, 0.1) is 24.0 Å². The number of ether oxygens (including phenoxy) is 1. The number of sulfonamides is 1. The zero-order valence-electron chi connectivity index (χ0n) is 19.1. The third-order valence-corrected chi connectivity index (χ3v) is 6.54. The summed E-state index contributed by atoms with van der Waals surface area (Å²) in [6.07, 6.45) is -1.07. The number of amides is 1. The second-order valence-electron chi connectivity index (χ2n) is 7.79. The molecule has 1 amide bonds. The Hall–Kier alpha value is -4.25. The molecule has 2 N–H and O–H groups in total. The topological polar surface area (TPSA) is 145 Å². The number of carbonyl (C=O) groups is 2. The first-order valence-electron chi connectivity index (χ1n) is 10.4. The van der Waals surface area contributed by atoms with Gasteiger partial charge in [0, 0.05) is 23.5 Å². The van der Waals surface area contributed by atoms with Crippen LogP contribution in [0.25, 0.3) is 0 Å². The summed E-state index contributed by atoms with van der Waals surface area (Å²) >= 11 is 0. The number of esters is 1. The SMILES string of the molecule is Cc1ccc(NC(=O)C(C)OC(=O)c2ccc(NS(=O)(=O)c3cc([N+](=O)[O-])ccc3C)cc2)cc1. The molecular weight excluding hydrogens is 474 g/mol. The largest absolute Gasteiger partial charge is 0.449 e. The average Bonchev–Trinajstić information content (AvgIpc) is 2.80. The number of nitrogens with one attached hydrogen (secondary N) is 2. The van der Waals surface area contributed by atoms with Gasteiger partial charge in [0.15, 0.2) is 6.10 Å². The van der Waals surface area contributed by atoms with Crippen LogP contribution in [0.15, 0.2) is 71.6 Å². The van der Waals surface area contributed by atoms with Crippen molar-refractivity contribution in [1.82, 2.24) is 0 Å². The van der Waals surface area contributed by atoms with Crippen LogP contribution < -0.4 is 10.0 Å². The van der Waals surface area contributed by atoms with Gasteiger partial charge in [-0.1, -0.05) is 23.8 Å². The van der Waals surface area contributed by atoms with Crippen molar-refractivity contribution in [2.75, 3.05) is 10.0 Å². The fraction of sp³-hybridized carbons (Fsp3) is 0.167. The molecule has 0 aliphatic rings. The van der Waals surface area contributed by atoms with Crippen molar-refractivity contribution in [2.45, 2.75) is 31.8 Å². The van der Waals surface area contributed by atoms with Gasteiger partial charge in [-0.05, 0) is 62.7 Å². The standard InChI is InChI=1S/C24H23N3O7S/c1-15-4-9-19(10-5-15)25-23(28)17(3)34-24(29)18-7-11-20(12-8-18)26-35(32,33)22-14-21(27(30)31)13-6-16(22)2/h4-14,17,26H,1-3H3,(H,25,28). The van der Waals surface area contributed by atoms with Crippen LogP contribution >= 0.6 is 0 Å². The third-order valence-electron chi connectivity index (χ3n) is 5.02. The van der Waals surface area contributed by atoms with Gasteiger partial charge in [-0.25, -0.2) is 13.2 Å². The van der Waals surface area contributed by atoms with Gasteiger partial charge in [0.2, 0.25) is 0 Å². The van der Waals surface area contributed by atoms with E-state index < -0.39 is 32.9 Å². The number of benzene rings is 3. The normalized spacial score (nSPS) is 11.9. The van der Waals surface area contributed by atoms with Crippen molar-refractivity contribution in [2.24, 2.45) is 0 Å². The third kappa shape index (κ3) is 6.42. The van der Waals surface area contributed by atoms with Crippen molar-refractivity contribution >= 4 is 39.0 Å². The number of nitro benzene ring substituents is 1. The summed E-state index contributed by atoms with van der Waals surface area (Å²) in [6.45, 7) is 4.87. The molecule has 182 valence electrons. The summed E-state index contributed by atoms with van der Waals surface area (Å²) in [7, 11) is -4.12. The molecule has 0 saturated carbocycles. The van der Waals surface area contributed by atoms with Crippen molar-refractivity contribution in [1.29, 1.82) is 0 Å². The molecule has 0 saturated heterocycles. The molecule has 0 aromatic heterocycles. The number of non-ortho nitro benzene ring substituents is 1. The maximum atomic E-state index is 12.7. The highest BCUT2D eigenvalue weighted by Crippen LogP contribution is 2.24. The van der Waals surface area contributed by atoms with Crippen LogP contribution in [-0.2, 0) is 19.6 Å². The molecular formula is C24H23N3O7S. The number of rotatable bonds is 8. The highest BCUT2D eigenvalue weighted by atomic mass is 32.2. The first-order valence-corrected chi connectivity index (χ1v) is 11.9. The number of nitrogens with zero attached hydrogens (tertiary/aromatic N) is 1. The Labute approximate surface area is 202 Å². The van der Waals surface area contributed by atoms with Crippen LogP contribution in [0.4, 0.5) is 17.1 Å². The van der Waals surface area contributed by atoms with Crippen molar-refractivity contribution in [3.63, 3.8) is 0 Å². The van der Waals surface area contributed by atoms with Crippen molar-refractivity contribution in [3.05, 3.63) is 93.5 Å². The maximum absolute atomic E-state index is 12.7. The van der Waals surface area contributed by atoms with Gasteiger partial charge in [0.1, 0.15) is 0 Å². The van der Waals surface area contributed by atoms with E-state index >= 15 is 0 Å². The van der Waals surface area contributed by atoms with E-state index in [1.54, 1.807) is 12.1 Å². The molecule has 0 bridgehead atoms. The van der Waals surface area contributed by atoms with E-state index in [0.717, 1.165) is 11.6 Å². The van der Waals surface area contributed by atoms with Crippen molar-refractivity contribution < 1.29 is 27.7 Å². The lowest BCUT2D eigenvalue weighted by molar-refractivity contribution is -0.385. The van der Waals surface area contributed by atoms with Gasteiger partial charge >= 0.3 is 5.97 Å². The number of carbonyl (C=O) groups excluding carboxylic acids is 2. The maximum Gasteiger partial charge on any atom is 0.338 e. The molecule has 1 atom stereocenters. The van der Waals surface area contributed by atoms with Gasteiger partial charge in [-0.2, -0.15) is 0 Å². The van der Waals surface area contributed by atoms with Gasteiger partial charge in [-0.15, -0.1) is 0 Å². The van der Waals surface area contributed by atoms with E-state index in [-0.39, 0.29) is 21.8 Å². The van der Waals surface area contributed by atoms with E-state index in [4.69, 9.17) is 4.74 Å². The smallest absolute Gasteiger partial charge is 0.338 e. The van der Waals surface area contributed by atoms with Crippen LogP contribution in [0.5, 0.6) is 0 Å². The number of hydrogen-bond donors (Lipinski definition) is 2. The summed E-state index contributed by atoms with van der Waals surface area (Å²) < 4.78 is 33.0. The van der Waals surface area contributed by atoms with E-state index in [1.807, 2.05) is 19.1 Å². The zero-order valence-corrected chi connectivity index (χ0v) is 20.0. The van der Waals surface area contributed by atoms with Gasteiger partial charge in [-0.3, -0.25) is 19.6 Å². The zero-order chi connectivity index (χ0) is 25.8. The Morgan fingerprint density at radius 3 is 2.14 bits per heavy atom. The summed E-state index contributed by atoms with van der Waals surface area (Å²) in [5.74, 6) is -1.26. The summed E-state index contributed by atoms with van der Waals surface area (Å²) in [4.78, 5) is 34.8. The second-order valence-corrected chi connectivity index (χ2v) is 9.44. The van der Waals surface area contributed by atoms with Crippen LogP contribution in [0.2, 0.25) is 0 Å². The molecule has 10 nitrogen and oxygen atoms in total. The fourth-order valence-corrected chi connectivity index (χ4v) is 4.36. The summed E-state index contributed by atoms with van der Waals surface area (Å²) in [6, 6.07) is 16.1. The highest BCUT2D eigenvalue weighted by Gasteiger charge is 2.22. The molecule has 0 spiro atoms. The predicted molar refractivity (Wildman–Crippen MR) is 130 cm³/mol. The van der Waals surface area contributed by atoms with E-state index in [9.17, 15) is 28.1 Å². The molecule has 0 radical (unpaired) electrons. The first kappa shape index (κ1) is 25.4. The van der Waals surface area contributed by atoms with E-state index in [0.29, 0.717) is 11.3 Å². The van der Waals surface area contributed by atoms with Crippen LogP contribution in [-0.4, -0.2) is 31.3 Å². The molecule has 3 rings (SSSR count). The molecule has 1 unspecified atom stereocenters. The number of hydrogen-bond acceptors (Lipinski definition) is 7. The van der Waals surface area contributed by atoms with Crippen LogP contribution in [0.3, 0.4) is 0 Å². The molecule has 0 aliphatic heterocycles. The van der Waals surface area contributed by atoms with E-state index in [1.165, 1.54) is 50.2 Å². The molecule has 0 fully saturated rings. The highest BCUT2D eigenvalue weighted by molar-refractivity contribution is 7.92. The lowest BCUT2D eigenvalue weighted by Crippen LogP contribution is -2.30. The van der Waals surface area contributed by atoms with Gasteiger partial charge in [0.05, 0.1) is 15.4 Å². The molecule has 35 heavy (non-hydrogen) atoms. The Balaban J connectivity index is 1.65. The number of nitro groups is 1. The molecule has 11 heteroatoms. The average molecular weight is 498 g/mol. The Morgan fingerprint density at radius 1 is 0.943 bits per heavy atom. The minimum atomic E-state index is -4.12. The van der Waals surface area contributed by atoms with Crippen molar-refractivity contribution in [3.8, 4) is 0 Å².